The molecule has 1 aliphatic rings. The number of halogens is 4. The van der Waals surface area contributed by atoms with Gasteiger partial charge in [-0.2, -0.15) is 13.2 Å². The first kappa shape index (κ1) is 28.2. The van der Waals surface area contributed by atoms with E-state index in [9.17, 15) is 17.6 Å². The number of carboxylic acid groups (broad SMARTS) is 1. The van der Waals surface area contributed by atoms with E-state index in [-0.39, 0.29) is 5.82 Å². The fourth-order valence-corrected chi connectivity index (χ4v) is 5.30. The maximum atomic E-state index is 13.5. The van der Waals surface area contributed by atoms with Crippen molar-refractivity contribution in [3.05, 3.63) is 84.6 Å². The lowest BCUT2D eigenvalue weighted by atomic mass is 10.1. The van der Waals surface area contributed by atoms with Gasteiger partial charge in [0, 0.05) is 50.0 Å². The van der Waals surface area contributed by atoms with Gasteiger partial charge in [-0.3, -0.25) is 9.88 Å². The van der Waals surface area contributed by atoms with Gasteiger partial charge in [0.2, 0.25) is 0 Å². The second-order valence-corrected chi connectivity index (χ2v) is 10.3. The summed E-state index contributed by atoms with van der Waals surface area (Å²) in [6.07, 6.45) is 0.206. The number of imidazole rings is 1. The lowest BCUT2D eigenvalue weighted by molar-refractivity contribution is -0.192. The number of aliphatic carboxylic acids is 1. The monoisotopic (exact) mass is 584 g/mol. The maximum Gasteiger partial charge on any atom is 0.490 e. The summed E-state index contributed by atoms with van der Waals surface area (Å²) in [6.45, 7) is 4.88. The Hall–Kier alpha value is -4.36. The summed E-state index contributed by atoms with van der Waals surface area (Å²) >= 11 is 1.68. The minimum absolute atomic E-state index is 0.262. The molecule has 0 saturated carbocycles. The van der Waals surface area contributed by atoms with E-state index in [1.807, 2.05) is 6.20 Å². The molecule has 0 unspecified atom stereocenters. The van der Waals surface area contributed by atoms with Crippen LogP contribution in [0.4, 0.5) is 23.4 Å². The number of fused-ring (bicyclic) bond motifs is 1. The normalized spacial score (nSPS) is 14.1. The lowest BCUT2D eigenvalue weighted by Crippen LogP contribution is -2.46. The van der Waals surface area contributed by atoms with Gasteiger partial charge in [-0.05, 0) is 41.5 Å². The molecule has 0 spiro atoms. The topological polar surface area (TPSA) is 98.2 Å². The third kappa shape index (κ3) is 7.05. The van der Waals surface area contributed by atoms with Crippen molar-refractivity contribution < 1.29 is 27.5 Å². The zero-order valence-corrected chi connectivity index (χ0v) is 22.3. The van der Waals surface area contributed by atoms with Crippen LogP contribution < -0.4 is 4.90 Å². The fourth-order valence-electron chi connectivity index (χ4n) is 4.34. The fraction of sp³-hybridized carbons (Fsp3) is 0.214. The molecular weight excluding hydrogens is 560 g/mol. The molecular formula is C28H24F4N6O2S. The summed E-state index contributed by atoms with van der Waals surface area (Å²) in [6, 6.07) is 17.6. The number of hydrogen-bond acceptors (Lipinski definition) is 7. The number of anilines is 1. The summed E-state index contributed by atoms with van der Waals surface area (Å²) in [7, 11) is 0. The van der Waals surface area contributed by atoms with E-state index in [1.54, 1.807) is 29.8 Å². The number of nitrogens with zero attached hydrogens (tertiary/aromatic N) is 5. The van der Waals surface area contributed by atoms with Gasteiger partial charge in [0.15, 0.2) is 0 Å². The number of carboxylic acids is 1. The molecule has 41 heavy (non-hydrogen) atoms. The van der Waals surface area contributed by atoms with Crippen molar-refractivity contribution in [2.24, 2.45) is 0 Å². The number of H-pyrrole nitrogens is 1. The Morgan fingerprint density at radius 2 is 1.68 bits per heavy atom. The summed E-state index contributed by atoms with van der Waals surface area (Å²) in [5.74, 6) is -1.29. The molecule has 0 radical (unpaired) electrons. The van der Waals surface area contributed by atoms with Crippen LogP contribution >= 0.6 is 11.3 Å². The highest BCUT2D eigenvalue weighted by Crippen LogP contribution is 2.34. The number of hydrogen-bond donors (Lipinski definition) is 2. The first-order chi connectivity index (χ1) is 19.7. The van der Waals surface area contributed by atoms with Gasteiger partial charge in [-0.1, -0.05) is 24.3 Å². The van der Waals surface area contributed by atoms with Crippen LogP contribution in [-0.4, -0.2) is 68.3 Å². The van der Waals surface area contributed by atoms with Crippen molar-refractivity contribution in [1.82, 2.24) is 24.8 Å². The lowest BCUT2D eigenvalue weighted by Gasteiger charge is -2.35. The molecule has 1 saturated heterocycles. The average molecular weight is 585 g/mol. The van der Waals surface area contributed by atoms with Crippen LogP contribution in [0.25, 0.3) is 32.2 Å². The second kappa shape index (κ2) is 12.0. The Balaban J connectivity index is 0.000000431. The van der Waals surface area contributed by atoms with Gasteiger partial charge >= 0.3 is 12.1 Å². The average Bonchev–Trinajstić information content (AvgIpc) is 3.62. The highest BCUT2D eigenvalue weighted by Gasteiger charge is 2.38. The minimum atomic E-state index is -5.08. The van der Waals surface area contributed by atoms with Crippen LogP contribution in [0.2, 0.25) is 0 Å². The van der Waals surface area contributed by atoms with E-state index in [0.29, 0.717) is 5.52 Å². The van der Waals surface area contributed by atoms with Crippen molar-refractivity contribution in [1.29, 1.82) is 0 Å². The van der Waals surface area contributed by atoms with E-state index in [2.05, 4.69) is 66.1 Å². The molecule has 3 aromatic heterocycles. The molecule has 2 N–H and O–H groups in total. The summed E-state index contributed by atoms with van der Waals surface area (Å²) < 4.78 is 45.2. The standard InChI is InChI=1S/C26H23FN6S.C2HF3O2/c27-20-5-6-21-22(15-20)31-26(30-21)24-8-7-23(34-24)19-3-1-18(2-4-19)17-32-11-13-33(14-12-32)25-16-28-9-10-29-25;3-2(4,5)1(6)7/h1-10,15-16H,11-14,17H2,(H,30,31);(H,6,7). The number of alkyl halides is 3. The van der Waals surface area contributed by atoms with Gasteiger partial charge in [0.25, 0.3) is 0 Å². The first-order valence-electron chi connectivity index (χ1n) is 12.5. The second-order valence-electron chi connectivity index (χ2n) is 9.24. The van der Waals surface area contributed by atoms with Crippen molar-refractivity contribution in [2.45, 2.75) is 12.7 Å². The van der Waals surface area contributed by atoms with Gasteiger partial charge in [0.1, 0.15) is 17.5 Å². The van der Waals surface area contributed by atoms with Crippen LogP contribution in [0.15, 0.2) is 73.2 Å². The number of carbonyl (C=O) groups is 1. The van der Waals surface area contributed by atoms with Crippen molar-refractivity contribution >= 4 is 34.2 Å². The third-order valence-corrected chi connectivity index (χ3v) is 7.56. The zero-order chi connectivity index (χ0) is 29.0. The van der Waals surface area contributed by atoms with Gasteiger partial charge < -0.3 is 15.0 Å². The molecule has 13 heteroatoms. The Bertz CT molecular complexity index is 1610. The highest BCUT2D eigenvalue weighted by atomic mass is 32.1. The van der Waals surface area contributed by atoms with E-state index in [4.69, 9.17) is 9.90 Å². The molecule has 0 atom stereocenters. The predicted molar refractivity (Wildman–Crippen MR) is 148 cm³/mol. The summed E-state index contributed by atoms with van der Waals surface area (Å²) in [5.41, 5.74) is 3.99. The number of thiophene rings is 1. The molecule has 0 aliphatic carbocycles. The van der Waals surface area contributed by atoms with Gasteiger partial charge in [0.05, 0.1) is 22.1 Å². The Kier molecular flexibility index (Phi) is 8.26. The Labute approximate surface area is 235 Å². The van der Waals surface area contributed by atoms with E-state index < -0.39 is 12.1 Å². The summed E-state index contributed by atoms with van der Waals surface area (Å²) in [4.78, 5) is 32.3. The smallest absolute Gasteiger partial charge is 0.475 e. The molecule has 8 nitrogen and oxygen atoms in total. The number of aromatic nitrogens is 4. The number of piperazine rings is 1. The first-order valence-corrected chi connectivity index (χ1v) is 13.4. The van der Waals surface area contributed by atoms with Crippen LogP contribution in [-0.2, 0) is 11.3 Å². The Morgan fingerprint density at radius 3 is 2.34 bits per heavy atom. The van der Waals surface area contributed by atoms with Crippen LogP contribution in [0.5, 0.6) is 0 Å². The van der Waals surface area contributed by atoms with Gasteiger partial charge in [-0.15, -0.1) is 11.3 Å². The molecule has 2 aromatic carbocycles. The molecule has 0 bridgehead atoms. The zero-order valence-electron chi connectivity index (χ0n) is 21.5. The van der Waals surface area contributed by atoms with Crippen LogP contribution in [0.1, 0.15) is 5.56 Å². The maximum absolute atomic E-state index is 13.5. The van der Waals surface area contributed by atoms with Crippen molar-refractivity contribution in [3.63, 3.8) is 0 Å². The largest absolute Gasteiger partial charge is 0.490 e. The van der Waals surface area contributed by atoms with Crippen LogP contribution in [0, 0.1) is 5.82 Å². The molecule has 1 fully saturated rings. The van der Waals surface area contributed by atoms with E-state index in [1.165, 1.54) is 28.1 Å². The number of rotatable bonds is 5. The van der Waals surface area contributed by atoms with E-state index in [0.717, 1.165) is 54.8 Å². The highest BCUT2D eigenvalue weighted by molar-refractivity contribution is 7.18. The number of nitrogens with one attached hydrogen (secondary N) is 1. The molecule has 4 heterocycles. The quantitative estimate of drug-likeness (QED) is 0.251. The third-order valence-electron chi connectivity index (χ3n) is 6.42. The minimum Gasteiger partial charge on any atom is -0.475 e. The molecule has 1 aliphatic heterocycles. The number of benzene rings is 2. The van der Waals surface area contributed by atoms with Gasteiger partial charge in [-0.25, -0.2) is 19.2 Å². The predicted octanol–water partition coefficient (Wildman–Crippen LogP) is 5.84. The molecule has 5 aromatic rings. The van der Waals surface area contributed by atoms with Crippen LogP contribution in [0.3, 0.4) is 0 Å². The number of aromatic amines is 1. The summed E-state index contributed by atoms with van der Waals surface area (Å²) in [5, 5.41) is 7.12. The van der Waals surface area contributed by atoms with Crippen molar-refractivity contribution in [2.75, 3.05) is 31.1 Å². The molecule has 212 valence electrons. The Morgan fingerprint density at radius 1 is 0.976 bits per heavy atom. The van der Waals surface area contributed by atoms with E-state index >= 15 is 0 Å². The SMILES string of the molecule is Fc1ccc2nc(-c3ccc(-c4ccc(CN5CCN(c6cnccn6)CC5)cc4)s3)[nH]c2c1.O=C(O)C(F)(F)F. The molecule has 0 amide bonds. The molecule has 6 rings (SSSR count). The van der Waals surface area contributed by atoms with Crippen molar-refractivity contribution in [3.8, 4) is 21.1 Å².